The molecule has 8 nitrogen and oxygen atoms in total. The van der Waals surface area contributed by atoms with Crippen LogP contribution in [0.5, 0.6) is 0 Å². The van der Waals surface area contributed by atoms with E-state index in [4.69, 9.17) is 0 Å². The van der Waals surface area contributed by atoms with E-state index in [-0.39, 0.29) is 22.5 Å². The van der Waals surface area contributed by atoms with Crippen molar-refractivity contribution in [2.75, 3.05) is 30.3 Å². The number of hydrogen-bond acceptors (Lipinski definition) is 4. The molecule has 4 rings (SSSR count). The van der Waals surface area contributed by atoms with Crippen molar-refractivity contribution in [2.24, 2.45) is 0 Å². The van der Waals surface area contributed by atoms with Crippen LogP contribution >= 0.6 is 0 Å². The number of hydrogen-bond donors (Lipinski definition) is 2. The van der Waals surface area contributed by atoms with Gasteiger partial charge in [0.2, 0.25) is 10.0 Å². The van der Waals surface area contributed by atoms with Crippen molar-refractivity contribution in [3.8, 4) is 0 Å². The van der Waals surface area contributed by atoms with Crippen LogP contribution in [-0.2, 0) is 10.0 Å². The fraction of sp³-hybridized carbons (Fsp3) is 0.462. The highest BCUT2D eigenvalue weighted by Gasteiger charge is 2.31. The van der Waals surface area contributed by atoms with E-state index in [1.54, 1.807) is 36.4 Å². The number of piperidine rings is 1. The van der Waals surface area contributed by atoms with E-state index in [1.807, 2.05) is 11.8 Å². The van der Waals surface area contributed by atoms with Crippen LogP contribution in [-0.4, -0.2) is 55.2 Å². The number of amides is 3. The number of carbonyl (C=O) groups is 2. The van der Waals surface area contributed by atoms with Gasteiger partial charge in [-0.1, -0.05) is 25.3 Å². The molecule has 0 saturated carbocycles. The van der Waals surface area contributed by atoms with E-state index in [0.717, 1.165) is 58.0 Å². The Balaban J connectivity index is 1.39. The Morgan fingerprint density at radius 1 is 0.829 bits per heavy atom. The molecule has 0 spiro atoms. The second kappa shape index (κ2) is 11.2. The third-order valence-corrected chi connectivity index (χ3v) is 8.74. The Hall–Kier alpha value is -2.91. The molecule has 0 radical (unpaired) electrons. The van der Waals surface area contributed by atoms with Gasteiger partial charge in [0.1, 0.15) is 0 Å². The van der Waals surface area contributed by atoms with E-state index in [2.05, 4.69) is 10.6 Å². The topological polar surface area (TPSA) is 98.8 Å². The van der Waals surface area contributed by atoms with Crippen LogP contribution in [0.4, 0.5) is 16.2 Å². The van der Waals surface area contributed by atoms with Crippen LogP contribution in [0.1, 0.15) is 62.2 Å². The third-order valence-electron chi connectivity index (χ3n) is 6.73. The van der Waals surface area contributed by atoms with Crippen molar-refractivity contribution >= 4 is 33.3 Å². The molecule has 3 amide bonds. The molecular formula is C26H34N4O4S. The van der Waals surface area contributed by atoms with Crippen LogP contribution < -0.4 is 10.6 Å². The molecule has 2 N–H and O–H groups in total. The highest BCUT2D eigenvalue weighted by molar-refractivity contribution is 7.89. The first-order valence-corrected chi connectivity index (χ1v) is 13.9. The molecule has 2 aliphatic rings. The SMILES string of the molecule is CC1CCCCN1S(=O)(=O)c1cccc(C(=O)Nc2ccc(NC(=O)N3CCCCCC3)cc2)c1. The summed E-state index contributed by atoms with van der Waals surface area (Å²) in [5.41, 5.74) is 1.48. The van der Waals surface area contributed by atoms with Gasteiger partial charge in [-0.3, -0.25) is 4.79 Å². The molecule has 0 aliphatic carbocycles. The number of nitrogens with one attached hydrogen (secondary N) is 2. The zero-order chi connectivity index (χ0) is 24.8. The van der Waals surface area contributed by atoms with Crippen LogP contribution in [0.15, 0.2) is 53.4 Å². The Morgan fingerprint density at radius 2 is 1.46 bits per heavy atom. The smallest absolute Gasteiger partial charge is 0.321 e. The number of rotatable bonds is 5. The fourth-order valence-corrected chi connectivity index (χ4v) is 6.42. The highest BCUT2D eigenvalue weighted by atomic mass is 32.2. The lowest BCUT2D eigenvalue weighted by molar-refractivity contribution is 0.102. The predicted octanol–water partition coefficient (Wildman–Crippen LogP) is 4.91. The van der Waals surface area contributed by atoms with E-state index < -0.39 is 15.9 Å². The molecule has 0 bridgehead atoms. The summed E-state index contributed by atoms with van der Waals surface area (Å²) in [6, 6.07) is 12.9. The van der Waals surface area contributed by atoms with Crippen LogP contribution in [0.2, 0.25) is 0 Å². The van der Waals surface area contributed by atoms with Gasteiger partial charge in [0.25, 0.3) is 5.91 Å². The highest BCUT2D eigenvalue weighted by Crippen LogP contribution is 2.26. The van der Waals surface area contributed by atoms with E-state index >= 15 is 0 Å². The molecule has 1 atom stereocenters. The van der Waals surface area contributed by atoms with Crippen molar-refractivity contribution in [1.82, 2.24) is 9.21 Å². The first-order chi connectivity index (χ1) is 16.8. The molecule has 2 aromatic carbocycles. The maximum absolute atomic E-state index is 13.1. The van der Waals surface area contributed by atoms with Gasteiger partial charge in [0.15, 0.2) is 0 Å². The van der Waals surface area contributed by atoms with Crippen LogP contribution in [0, 0.1) is 0 Å². The second-order valence-corrected chi connectivity index (χ2v) is 11.2. The number of benzene rings is 2. The molecule has 2 aliphatic heterocycles. The Morgan fingerprint density at radius 3 is 2.11 bits per heavy atom. The summed E-state index contributed by atoms with van der Waals surface area (Å²) in [6.45, 7) is 3.96. The average molecular weight is 499 g/mol. The van der Waals surface area contributed by atoms with Crippen molar-refractivity contribution in [3.05, 3.63) is 54.1 Å². The van der Waals surface area contributed by atoms with Crippen molar-refractivity contribution in [2.45, 2.75) is 62.8 Å². The Bertz CT molecular complexity index is 1140. The third kappa shape index (κ3) is 6.21. The van der Waals surface area contributed by atoms with Gasteiger partial charge in [-0.25, -0.2) is 13.2 Å². The molecule has 2 fully saturated rings. The minimum Gasteiger partial charge on any atom is -0.325 e. The summed E-state index contributed by atoms with van der Waals surface area (Å²) in [4.78, 5) is 27.3. The Kier molecular flexibility index (Phi) is 8.07. The number of likely N-dealkylation sites (tertiary alicyclic amines) is 1. The number of anilines is 2. The van der Waals surface area contributed by atoms with Gasteiger partial charge >= 0.3 is 6.03 Å². The van der Waals surface area contributed by atoms with E-state index in [0.29, 0.717) is 17.9 Å². The van der Waals surface area contributed by atoms with Crippen LogP contribution in [0.25, 0.3) is 0 Å². The van der Waals surface area contributed by atoms with Crippen molar-refractivity contribution in [1.29, 1.82) is 0 Å². The van der Waals surface area contributed by atoms with Gasteiger partial charge in [-0.05, 0) is 75.1 Å². The molecule has 9 heteroatoms. The van der Waals surface area contributed by atoms with Gasteiger partial charge < -0.3 is 15.5 Å². The second-order valence-electron chi connectivity index (χ2n) is 9.35. The summed E-state index contributed by atoms with van der Waals surface area (Å²) >= 11 is 0. The number of urea groups is 1. The zero-order valence-corrected chi connectivity index (χ0v) is 21.0. The normalized spacial score (nSPS) is 19.6. The molecular weight excluding hydrogens is 464 g/mol. The predicted molar refractivity (Wildman–Crippen MR) is 137 cm³/mol. The molecule has 2 aromatic rings. The quantitative estimate of drug-likeness (QED) is 0.612. The van der Waals surface area contributed by atoms with Crippen molar-refractivity contribution < 1.29 is 18.0 Å². The first kappa shape index (κ1) is 25.2. The number of sulfonamides is 1. The largest absolute Gasteiger partial charge is 0.325 e. The molecule has 35 heavy (non-hydrogen) atoms. The Labute approximate surface area is 207 Å². The van der Waals surface area contributed by atoms with E-state index in [1.165, 1.54) is 16.4 Å². The summed E-state index contributed by atoms with van der Waals surface area (Å²) in [7, 11) is -3.66. The average Bonchev–Trinajstić information content (AvgIpc) is 3.15. The summed E-state index contributed by atoms with van der Waals surface area (Å²) in [6.07, 6.45) is 7.08. The summed E-state index contributed by atoms with van der Waals surface area (Å²) in [5.74, 6) is -0.393. The molecule has 1 unspecified atom stereocenters. The first-order valence-electron chi connectivity index (χ1n) is 12.4. The van der Waals surface area contributed by atoms with Gasteiger partial charge in [-0.2, -0.15) is 4.31 Å². The summed E-state index contributed by atoms with van der Waals surface area (Å²) in [5, 5.41) is 5.72. The lowest BCUT2D eigenvalue weighted by atomic mass is 10.1. The minimum atomic E-state index is -3.66. The van der Waals surface area contributed by atoms with Gasteiger partial charge in [0.05, 0.1) is 4.90 Å². The van der Waals surface area contributed by atoms with Gasteiger partial charge in [0, 0.05) is 42.6 Å². The monoisotopic (exact) mass is 498 g/mol. The molecule has 0 aromatic heterocycles. The maximum atomic E-state index is 13.1. The lowest BCUT2D eigenvalue weighted by Gasteiger charge is -2.32. The molecule has 188 valence electrons. The summed E-state index contributed by atoms with van der Waals surface area (Å²) < 4.78 is 27.8. The minimum absolute atomic E-state index is 0.0513. The maximum Gasteiger partial charge on any atom is 0.321 e. The molecule has 2 heterocycles. The zero-order valence-electron chi connectivity index (χ0n) is 20.2. The standard InChI is InChI=1S/C26H34N4O4S/c1-20-9-4-7-18-30(20)35(33,34)24-11-8-10-21(19-24)25(31)27-22-12-14-23(15-13-22)28-26(32)29-16-5-2-3-6-17-29/h8,10-15,19-20H,2-7,9,16-18H2,1H3,(H,27,31)(H,28,32). The number of carbonyl (C=O) groups excluding carboxylic acids is 2. The van der Waals surface area contributed by atoms with Crippen LogP contribution in [0.3, 0.4) is 0 Å². The van der Waals surface area contributed by atoms with Gasteiger partial charge in [-0.15, -0.1) is 0 Å². The number of nitrogens with zero attached hydrogens (tertiary/aromatic N) is 2. The molecule has 2 saturated heterocycles. The van der Waals surface area contributed by atoms with Crippen molar-refractivity contribution in [3.63, 3.8) is 0 Å². The lowest BCUT2D eigenvalue weighted by Crippen LogP contribution is -2.41. The van der Waals surface area contributed by atoms with E-state index in [9.17, 15) is 18.0 Å². The fourth-order valence-electron chi connectivity index (χ4n) is 4.68.